The van der Waals surface area contributed by atoms with Gasteiger partial charge in [-0.05, 0) is 44.3 Å². The minimum atomic E-state index is -0.142. The molecule has 4 aromatic rings. The molecule has 0 N–H and O–H groups in total. The van der Waals surface area contributed by atoms with Gasteiger partial charge in [0.05, 0.1) is 23.0 Å². The predicted molar refractivity (Wildman–Crippen MR) is 126 cm³/mol. The zero-order chi connectivity index (χ0) is 19.0. The monoisotopic (exact) mass is 524 g/mol. The van der Waals surface area contributed by atoms with Crippen molar-refractivity contribution in [2.75, 3.05) is 19.6 Å². The minimum absolute atomic E-state index is 0. The molecule has 8 heteroatoms. The van der Waals surface area contributed by atoms with E-state index in [1.54, 1.807) is 12.1 Å². The molecule has 156 valence electrons. The van der Waals surface area contributed by atoms with Gasteiger partial charge in [-0.25, -0.2) is 4.98 Å². The Balaban J connectivity index is 0.00000150. The Hall–Kier alpha value is -1.90. The lowest BCUT2D eigenvalue weighted by Crippen LogP contribution is -2.27. The van der Waals surface area contributed by atoms with Crippen molar-refractivity contribution >= 4 is 56.6 Å². The molecule has 0 saturated heterocycles. The summed E-state index contributed by atoms with van der Waals surface area (Å²) in [6, 6.07) is 11.6. The van der Waals surface area contributed by atoms with Crippen LogP contribution in [0.4, 0.5) is 0 Å². The van der Waals surface area contributed by atoms with E-state index in [0.717, 1.165) is 43.0 Å². The lowest BCUT2D eigenvalue weighted by atomic mass is 10.2. The van der Waals surface area contributed by atoms with E-state index >= 15 is 0 Å². The Kier molecular flexibility index (Phi) is 7.85. The van der Waals surface area contributed by atoms with Crippen LogP contribution in [0, 0.1) is 6.92 Å². The Bertz CT molecular complexity index is 1100. The molecule has 0 aliphatic heterocycles. The second-order valence-corrected chi connectivity index (χ2v) is 6.65. The number of aryl methyl sites for hydroxylation is 1. The second kappa shape index (κ2) is 9.73. The van der Waals surface area contributed by atoms with Crippen molar-refractivity contribution in [3.8, 4) is 0 Å². The Morgan fingerprint density at radius 2 is 1.76 bits per heavy atom. The molecule has 0 atom stereocenters. The van der Waals surface area contributed by atoms with Gasteiger partial charge in [-0.1, -0.05) is 26.0 Å². The summed E-state index contributed by atoms with van der Waals surface area (Å²) in [5, 5.41) is 0. The van der Waals surface area contributed by atoms with Crippen LogP contribution < -0.4 is 0 Å². The van der Waals surface area contributed by atoms with Gasteiger partial charge in [-0.3, -0.25) is 9.20 Å². The standard InChI is InChI=1S/C21H24N4O2.2BrH/c1-4-23(5-2)12-13-24-16-9-6-7-10-17(16)25-19(15(3)22-21(24)25)20(26)18-11-8-14-27-18;;/h6-11,14H,4-5,12-13H2,1-3H3;2*1H. The highest BCUT2D eigenvalue weighted by molar-refractivity contribution is 8.93. The molecule has 0 fully saturated rings. The zero-order valence-corrected chi connectivity index (χ0v) is 20.2. The number of benzene rings is 1. The van der Waals surface area contributed by atoms with Crippen molar-refractivity contribution in [1.29, 1.82) is 0 Å². The van der Waals surface area contributed by atoms with Gasteiger partial charge >= 0.3 is 0 Å². The normalized spacial score (nSPS) is 11.0. The van der Waals surface area contributed by atoms with E-state index in [2.05, 4.69) is 29.4 Å². The maximum absolute atomic E-state index is 13.0. The summed E-state index contributed by atoms with van der Waals surface area (Å²) < 4.78 is 9.52. The number of carbonyl (C=O) groups excluding carboxylic acids is 1. The molecule has 29 heavy (non-hydrogen) atoms. The third kappa shape index (κ3) is 4.06. The molecular weight excluding hydrogens is 500 g/mol. The van der Waals surface area contributed by atoms with Crippen molar-refractivity contribution in [1.82, 2.24) is 18.9 Å². The van der Waals surface area contributed by atoms with Crippen molar-refractivity contribution in [3.05, 3.63) is 59.8 Å². The fraction of sp³-hybridized carbons (Fsp3) is 0.333. The molecule has 3 aromatic heterocycles. The summed E-state index contributed by atoms with van der Waals surface area (Å²) in [7, 11) is 0. The molecule has 0 aliphatic carbocycles. The molecular formula is C21H26Br2N4O2. The molecule has 0 unspecified atom stereocenters. The van der Waals surface area contributed by atoms with Gasteiger partial charge < -0.3 is 13.9 Å². The fourth-order valence-electron chi connectivity index (χ4n) is 3.71. The quantitative estimate of drug-likeness (QED) is 0.321. The van der Waals surface area contributed by atoms with E-state index in [1.807, 2.05) is 29.5 Å². The van der Waals surface area contributed by atoms with Gasteiger partial charge in [0, 0.05) is 13.1 Å². The number of rotatable bonds is 7. The van der Waals surface area contributed by atoms with Gasteiger partial charge in [0.15, 0.2) is 5.76 Å². The molecule has 1 aromatic carbocycles. The summed E-state index contributed by atoms with van der Waals surface area (Å²) in [6.45, 7) is 10.0. The Morgan fingerprint density at radius 1 is 1.07 bits per heavy atom. The summed E-state index contributed by atoms with van der Waals surface area (Å²) in [5.41, 5.74) is 3.36. The van der Waals surface area contributed by atoms with Crippen LogP contribution >= 0.6 is 34.0 Å². The van der Waals surface area contributed by atoms with Crippen LogP contribution in [0.25, 0.3) is 16.8 Å². The smallest absolute Gasteiger partial charge is 0.246 e. The van der Waals surface area contributed by atoms with Crippen LogP contribution in [0.1, 0.15) is 35.8 Å². The first-order valence-electron chi connectivity index (χ1n) is 9.42. The van der Waals surface area contributed by atoms with Crippen LogP contribution in [0.15, 0.2) is 47.1 Å². The average Bonchev–Trinajstić information content (AvgIpc) is 3.38. The molecule has 0 aliphatic rings. The van der Waals surface area contributed by atoms with Crippen molar-refractivity contribution in [2.45, 2.75) is 27.3 Å². The van der Waals surface area contributed by atoms with Gasteiger partial charge in [0.1, 0.15) is 5.69 Å². The SMILES string of the molecule is Br.Br.CCN(CC)CCn1c2ccccc2n2c(C(=O)c3ccco3)c(C)nc12. The van der Waals surface area contributed by atoms with Crippen LogP contribution in [-0.4, -0.2) is 44.3 Å². The summed E-state index contributed by atoms with van der Waals surface area (Å²) >= 11 is 0. The topological polar surface area (TPSA) is 55.7 Å². The highest BCUT2D eigenvalue weighted by Gasteiger charge is 2.25. The number of aromatic nitrogens is 3. The first-order valence-corrected chi connectivity index (χ1v) is 9.42. The largest absolute Gasteiger partial charge is 0.461 e. The highest BCUT2D eigenvalue weighted by atomic mass is 79.9. The number of hydrogen-bond acceptors (Lipinski definition) is 4. The molecule has 0 saturated carbocycles. The number of nitrogens with zero attached hydrogens (tertiary/aromatic N) is 4. The van der Waals surface area contributed by atoms with Crippen LogP contribution in [0.3, 0.4) is 0 Å². The number of likely N-dealkylation sites (N-methyl/N-ethyl adjacent to an activating group) is 1. The van der Waals surface area contributed by atoms with Gasteiger partial charge in [0.2, 0.25) is 11.6 Å². The third-order valence-electron chi connectivity index (χ3n) is 5.18. The summed E-state index contributed by atoms with van der Waals surface area (Å²) in [4.78, 5) is 20.2. The van der Waals surface area contributed by atoms with E-state index in [0.29, 0.717) is 17.1 Å². The van der Waals surface area contributed by atoms with E-state index in [1.165, 1.54) is 6.26 Å². The number of furan rings is 1. The first kappa shape index (κ1) is 23.4. The maximum atomic E-state index is 13.0. The number of imidazole rings is 2. The number of halogens is 2. The molecule has 0 radical (unpaired) electrons. The van der Waals surface area contributed by atoms with Gasteiger partial charge in [-0.2, -0.15) is 0 Å². The van der Waals surface area contributed by atoms with Gasteiger partial charge in [-0.15, -0.1) is 34.0 Å². The summed E-state index contributed by atoms with van der Waals surface area (Å²) in [6.07, 6.45) is 1.52. The fourth-order valence-corrected chi connectivity index (χ4v) is 3.71. The van der Waals surface area contributed by atoms with Crippen molar-refractivity contribution in [2.24, 2.45) is 0 Å². The van der Waals surface area contributed by atoms with Crippen molar-refractivity contribution in [3.63, 3.8) is 0 Å². The van der Waals surface area contributed by atoms with Crippen LogP contribution in [0.5, 0.6) is 0 Å². The minimum Gasteiger partial charge on any atom is -0.461 e. The molecule has 0 amide bonds. The Labute approximate surface area is 191 Å². The summed E-state index contributed by atoms with van der Waals surface area (Å²) in [5.74, 6) is 0.993. The second-order valence-electron chi connectivity index (χ2n) is 6.65. The first-order chi connectivity index (χ1) is 13.2. The molecule has 0 spiro atoms. The highest BCUT2D eigenvalue weighted by Crippen LogP contribution is 2.26. The number of hydrogen-bond donors (Lipinski definition) is 0. The number of carbonyl (C=O) groups is 1. The lowest BCUT2D eigenvalue weighted by molar-refractivity contribution is 0.100. The lowest BCUT2D eigenvalue weighted by Gasteiger charge is -2.18. The van der Waals surface area contributed by atoms with Crippen LogP contribution in [-0.2, 0) is 6.54 Å². The zero-order valence-electron chi connectivity index (χ0n) is 16.8. The Morgan fingerprint density at radius 3 is 2.38 bits per heavy atom. The van der Waals surface area contributed by atoms with E-state index in [9.17, 15) is 4.79 Å². The molecule has 0 bridgehead atoms. The van der Waals surface area contributed by atoms with E-state index in [-0.39, 0.29) is 39.7 Å². The van der Waals surface area contributed by atoms with E-state index < -0.39 is 0 Å². The van der Waals surface area contributed by atoms with Gasteiger partial charge in [0.25, 0.3) is 0 Å². The predicted octanol–water partition coefficient (Wildman–Crippen LogP) is 4.92. The van der Waals surface area contributed by atoms with Crippen LogP contribution in [0.2, 0.25) is 0 Å². The van der Waals surface area contributed by atoms with Crippen molar-refractivity contribution < 1.29 is 9.21 Å². The third-order valence-corrected chi connectivity index (χ3v) is 5.18. The molecule has 4 rings (SSSR count). The number of ketones is 1. The van der Waals surface area contributed by atoms with E-state index in [4.69, 9.17) is 9.40 Å². The number of para-hydroxylation sites is 2. The average molecular weight is 526 g/mol. The molecule has 6 nitrogen and oxygen atoms in total. The maximum Gasteiger partial charge on any atom is 0.246 e. The molecule has 3 heterocycles. The number of fused-ring (bicyclic) bond motifs is 3.